The van der Waals surface area contributed by atoms with Crippen LogP contribution in [0.5, 0.6) is 0 Å². The minimum atomic E-state index is -3.55. The predicted octanol–water partition coefficient (Wildman–Crippen LogP) is 1.11. The molecule has 21 heavy (non-hydrogen) atoms. The van der Waals surface area contributed by atoms with Crippen molar-refractivity contribution in [3.63, 3.8) is 0 Å². The third kappa shape index (κ3) is 3.87. The number of rotatable bonds is 5. The fraction of sp³-hybridized carbons (Fsp3) is 0.571. The molecule has 0 amide bonds. The number of hydrogen-bond acceptors (Lipinski definition) is 4. The second-order valence-electron chi connectivity index (χ2n) is 5.54. The Balaban J connectivity index is 2.12. The molecular weight excluding hydrogens is 290 g/mol. The number of nitrogens with zero attached hydrogens (tertiary/aromatic N) is 2. The van der Waals surface area contributed by atoms with Crippen LogP contribution >= 0.6 is 0 Å². The zero-order valence-electron chi connectivity index (χ0n) is 12.5. The van der Waals surface area contributed by atoms with Gasteiger partial charge in [0.1, 0.15) is 0 Å². The van der Waals surface area contributed by atoms with E-state index in [4.69, 9.17) is 5.11 Å². The number of anilines is 2. The van der Waals surface area contributed by atoms with Gasteiger partial charge < -0.3 is 10.0 Å². The van der Waals surface area contributed by atoms with Gasteiger partial charge in [0, 0.05) is 33.8 Å². The Bertz CT molecular complexity index is 567. The zero-order valence-corrected chi connectivity index (χ0v) is 13.3. The Morgan fingerprint density at radius 3 is 2.48 bits per heavy atom. The molecule has 7 heteroatoms. The molecular formula is C14H23N3O3S. The van der Waals surface area contributed by atoms with Gasteiger partial charge in [-0.05, 0) is 30.9 Å². The standard InChI is InChI=1S/C14H23N3O3S/c1-16(2)14-6-4-3-5-13(14)15-21(19,20)17-9-7-12(11-18)8-10-17/h3-6,12,15,18H,7-11H2,1-2H3. The normalized spacial score (nSPS) is 17.7. The van der Waals surface area contributed by atoms with E-state index in [0.717, 1.165) is 5.69 Å². The van der Waals surface area contributed by atoms with Crippen molar-refractivity contribution >= 4 is 21.6 Å². The molecule has 1 aliphatic heterocycles. The maximum absolute atomic E-state index is 12.5. The minimum absolute atomic E-state index is 0.130. The van der Waals surface area contributed by atoms with Gasteiger partial charge in [-0.1, -0.05) is 12.1 Å². The SMILES string of the molecule is CN(C)c1ccccc1NS(=O)(=O)N1CCC(CO)CC1. The van der Waals surface area contributed by atoms with Gasteiger partial charge in [-0.15, -0.1) is 0 Å². The molecule has 0 radical (unpaired) electrons. The van der Waals surface area contributed by atoms with E-state index >= 15 is 0 Å². The minimum Gasteiger partial charge on any atom is -0.396 e. The zero-order chi connectivity index (χ0) is 15.5. The number of benzene rings is 1. The van der Waals surface area contributed by atoms with E-state index in [1.807, 2.05) is 37.2 Å². The molecule has 1 saturated heterocycles. The number of hydrogen-bond donors (Lipinski definition) is 2. The number of aliphatic hydroxyl groups is 1. The van der Waals surface area contributed by atoms with Crippen LogP contribution in [-0.2, 0) is 10.2 Å². The van der Waals surface area contributed by atoms with E-state index in [0.29, 0.717) is 31.6 Å². The molecule has 2 N–H and O–H groups in total. The summed E-state index contributed by atoms with van der Waals surface area (Å²) in [5.41, 5.74) is 1.40. The highest BCUT2D eigenvalue weighted by atomic mass is 32.2. The lowest BCUT2D eigenvalue weighted by molar-refractivity contribution is 0.170. The van der Waals surface area contributed by atoms with Crippen LogP contribution in [0.3, 0.4) is 0 Å². The third-order valence-electron chi connectivity index (χ3n) is 3.80. The van der Waals surface area contributed by atoms with Crippen LogP contribution in [0.25, 0.3) is 0 Å². The molecule has 1 aromatic carbocycles. The monoisotopic (exact) mass is 313 g/mol. The maximum atomic E-state index is 12.5. The molecule has 1 fully saturated rings. The molecule has 0 aromatic heterocycles. The first kappa shape index (κ1) is 16.1. The Hall–Kier alpha value is -1.31. The summed E-state index contributed by atoms with van der Waals surface area (Å²) < 4.78 is 29.0. The largest absolute Gasteiger partial charge is 0.396 e. The van der Waals surface area contributed by atoms with Crippen molar-refractivity contribution in [2.24, 2.45) is 5.92 Å². The smallest absolute Gasteiger partial charge is 0.301 e. The molecule has 0 aliphatic carbocycles. The van der Waals surface area contributed by atoms with Crippen molar-refractivity contribution in [2.75, 3.05) is 43.4 Å². The first-order chi connectivity index (χ1) is 9.94. The number of piperidine rings is 1. The number of para-hydroxylation sites is 2. The average molecular weight is 313 g/mol. The van der Waals surface area contributed by atoms with Crippen molar-refractivity contribution in [3.8, 4) is 0 Å². The Kier molecular flexibility index (Phi) is 5.08. The van der Waals surface area contributed by atoms with E-state index < -0.39 is 10.2 Å². The van der Waals surface area contributed by atoms with Crippen molar-refractivity contribution in [3.05, 3.63) is 24.3 Å². The van der Waals surface area contributed by atoms with Gasteiger partial charge in [0.25, 0.3) is 0 Å². The highest BCUT2D eigenvalue weighted by Crippen LogP contribution is 2.26. The lowest BCUT2D eigenvalue weighted by atomic mass is 10.00. The van der Waals surface area contributed by atoms with E-state index in [1.165, 1.54) is 4.31 Å². The molecule has 0 unspecified atom stereocenters. The van der Waals surface area contributed by atoms with E-state index in [2.05, 4.69) is 4.72 Å². The quantitative estimate of drug-likeness (QED) is 0.854. The van der Waals surface area contributed by atoms with Crippen molar-refractivity contribution < 1.29 is 13.5 Å². The molecule has 118 valence electrons. The Morgan fingerprint density at radius 1 is 1.29 bits per heavy atom. The molecule has 0 bridgehead atoms. The molecule has 0 spiro atoms. The topological polar surface area (TPSA) is 72.9 Å². The number of aliphatic hydroxyl groups excluding tert-OH is 1. The molecule has 1 aromatic rings. The summed E-state index contributed by atoms with van der Waals surface area (Å²) in [6.07, 6.45) is 1.40. The second-order valence-corrected chi connectivity index (χ2v) is 7.21. The summed E-state index contributed by atoms with van der Waals surface area (Å²) in [6, 6.07) is 7.31. The first-order valence-corrected chi connectivity index (χ1v) is 8.53. The van der Waals surface area contributed by atoms with Gasteiger partial charge in [-0.3, -0.25) is 4.72 Å². The molecule has 1 aliphatic rings. The van der Waals surface area contributed by atoms with Gasteiger partial charge in [0.2, 0.25) is 0 Å². The average Bonchev–Trinajstić information content (AvgIpc) is 2.47. The van der Waals surface area contributed by atoms with Crippen LogP contribution in [0.2, 0.25) is 0 Å². The van der Waals surface area contributed by atoms with Crippen LogP contribution in [-0.4, -0.2) is 51.6 Å². The van der Waals surface area contributed by atoms with Crippen LogP contribution in [0.4, 0.5) is 11.4 Å². The van der Waals surface area contributed by atoms with Gasteiger partial charge in [-0.25, -0.2) is 0 Å². The first-order valence-electron chi connectivity index (χ1n) is 7.09. The van der Waals surface area contributed by atoms with Crippen molar-refractivity contribution in [1.82, 2.24) is 4.31 Å². The lowest BCUT2D eigenvalue weighted by Gasteiger charge is -2.31. The molecule has 0 saturated carbocycles. The summed E-state index contributed by atoms with van der Waals surface area (Å²) in [5, 5.41) is 9.12. The summed E-state index contributed by atoms with van der Waals surface area (Å²) in [5.74, 6) is 0.213. The van der Waals surface area contributed by atoms with E-state index in [-0.39, 0.29) is 12.5 Å². The molecule has 0 atom stereocenters. The van der Waals surface area contributed by atoms with Crippen LogP contribution in [0.1, 0.15) is 12.8 Å². The van der Waals surface area contributed by atoms with Gasteiger partial charge in [0.15, 0.2) is 0 Å². The van der Waals surface area contributed by atoms with Gasteiger partial charge >= 0.3 is 10.2 Å². The Labute approximate surface area is 126 Å². The fourth-order valence-corrected chi connectivity index (χ4v) is 3.76. The van der Waals surface area contributed by atoms with Crippen molar-refractivity contribution in [2.45, 2.75) is 12.8 Å². The van der Waals surface area contributed by atoms with Crippen LogP contribution in [0.15, 0.2) is 24.3 Å². The summed E-state index contributed by atoms with van der Waals surface area (Å²) in [4.78, 5) is 1.87. The highest BCUT2D eigenvalue weighted by molar-refractivity contribution is 7.90. The molecule has 2 rings (SSSR count). The van der Waals surface area contributed by atoms with Crippen molar-refractivity contribution in [1.29, 1.82) is 0 Å². The Morgan fingerprint density at radius 2 is 1.90 bits per heavy atom. The molecule has 6 nitrogen and oxygen atoms in total. The van der Waals surface area contributed by atoms with Gasteiger partial charge in [0.05, 0.1) is 11.4 Å². The summed E-state index contributed by atoms with van der Waals surface area (Å²) in [6.45, 7) is 1.03. The van der Waals surface area contributed by atoms with Gasteiger partial charge in [-0.2, -0.15) is 12.7 Å². The maximum Gasteiger partial charge on any atom is 0.301 e. The van der Waals surface area contributed by atoms with Crippen LogP contribution < -0.4 is 9.62 Å². The van der Waals surface area contributed by atoms with Crippen LogP contribution in [0, 0.1) is 5.92 Å². The lowest BCUT2D eigenvalue weighted by Crippen LogP contribution is -2.42. The molecule has 1 heterocycles. The third-order valence-corrected chi connectivity index (χ3v) is 5.32. The predicted molar refractivity (Wildman–Crippen MR) is 84.7 cm³/mol. The summed E-state index contributed by atoms with van der Waals surface area (Å²) >= 11 is 0. The van der Waals surface area contributed by atoms with E-state index in [9.17, 15) is 8.42 Å². The number of nitrogens with one attached hydrogen (secondary N) is 1. The van der Waals surface area contributed by atoms with E-state index in [1.54, 1.807) is 6.07 Å². The summed E-state index contributed by atoms with van der Waals surface area (Å²) in [7, 11) is 0.201. The fourth-order valence-electron chi connectivity index (χ4n) is 2.49. The highest BCUT2D eigenvalue weighted by Gasteiger charge is 2.28. The second kappa shape index (κ2) is 6.64.